The van der Waals surface area contributed by atoms with Gasteiger partial charge in [-0.05, 0) is 6.42 Å². The van der Waals surface area contributed by atoms with Crippen molar-refractivity contribution >= 4 is 15.8 Å². The van der Waals surface area contributed by atoms with Crippen LogP contribution in [0.5, 0.6) is 0 Å². The van der Waals surface area contributed by atoms with Crippen LogP contribution in [-0.2, 0) is 14.6 Å². The van der Waals surface area contributed by atoms with E-state index in [1.165, 1.54) is 18.1 Å². The normalized spacial score (nSPS) is 23.2. The van der Waals surface area contributed by atoms with E-state index >= 15 is 0 Å². The van der Waals surface area contributed by atoms with Gasteiger partial charge < -0.3 is 4.74 Å². The number of hydrogen-bond donors (Lipinski definition) is 0. The zero-order chi connectivity index (χ0) is 11.8. The molecule has 1 unspecified atom stereocenters. The third-order valence-corrected chi connectivity index (χ3v) is 4.21. The van der Waals surface area contributed by atoms with Crippen molar-refractivity contribution in [2.45, 2.75) is 12.5 Å². The average molecular weight is 245 g/mol. The Hall–Kier alpha value is -1.44. The Morgan fingerprint density at radius 3 is 2.94 bits per heavy atom. The number of sulfone groups is 1. The lowest BCUT2D eigenvalue weighted by atomic mass is 10.3. The molecule has 0 aliphatic carbocycles. The van der Waals surface area contributed by atoms with E-state index in [0.717, 1.165) is 0 Å². The van der Waals surface area contributed by atoms with Crippen LogP contribution in [0, 0.1) is 0 Å². The fraction of sp³-hybridized carbons (Fsp3) is 0.625. The fourth-order valence-corrected chi connectivity index (χ4v) is 3.32. The van der Waals surface area contributed by atoms with Crippen LogP contribution in [0.2, 0.25) is 0 Å². The van der Waals surface area contributed by atoms with Crippen molar-refractivity contribution in [2.75, 3.05) is 18.6 Å². The third kappa shape index (κ3) is 2.06. The van der Waals surface area contributed by atoms with E-state index < -0.39 is 15.8 Å². The van der Waals surface area contributed by atoms with Gasteiger partial charge in [-0.3, -0.25) is 0 Å². The quantitative estimate of drug-likeness (QED) is 0.648. The number of aromatic nitrogens is 3. The summed E-state index contributed by atoms with van der Waals surface area (Å²) in [5.41, 5.74) is 0. The molecule has 0 N–H and O–H groups in total. The SMILES string of the molecule is COC(=O)c1ncn(C2CCS(=O)(=O)C2)n1. The van der Waals surface area contributed by atoms with Crippen molar-refractivity contribution in [3.8, 4) is 0 Å². The predicted octanol–water partition coefficient (Wildman–Crippen LogP) is -0.576. The summed E-state index contributed by atoms with van der Waals surface area (Å²) >= 11 is 0. The number of rotatable bonds is 2. The van der Waals surface area contributed by atoms with Crippen LogP contribution in [0.25, 0.3) is 0 Å². The van der Waals surface area contributed by atoms with E-state index in [4.69, 9.17) is 0 Å². The molecule has 7 nitrogen and oxygen atoms in total. The molecule has 1 aliphatic rings. The van der Waals surface area contributed by atoms with Gasteiger partial charge in [0, 0.05) is 0 Å². The molecule has 0 aromatic carbocycles. The molecule has 1 fully saturated rings. The lowest BCUT2D eigenvalue weighted by Gasteiger charge is -2.05. The molecule has 2 heterocycles. The van der Waals surface area contributed by atoms with Gasteiger partial charge in [0.1, 0.15) is 6.33 Å². The first-order chi connectivity index (χ1) is 7.52. The molecule has 0 spiro atoms. The molecule has 1 aromatic rings. The highest BCUT2D eigenvalue weighted by Gasteiger charge is 2.30. The Balaban J connectivity index is 2.17. The minimum Gasteiger partial charge on any atom is -0.463 e. The first kappa shape index (κ1) is 11.1. The predicted molar refractivity (Wildman–Crippen MR) is 53.7 cm³/mol. The molecule has 0 radical (unpaired) electrons. The van der Waals surface area contributed by atoms with Crippen molar-refractivity contribution in [1.29, 1.82) is 0 Å². The van der Waals surface area contributed by atoms with Gasteiger partial charge in [0.05, 0.1) is 24.7 Å². The van der Waals surface area contributed by atoms with Crippen molar-refractivity contribution in [3.63, 3.8) is 0 Å². The number of hydrogen-bond acceptors (Lipinski definition) is 6. The van der Waals surface area contributed by atoms with Gasteiger partial charge >= 0.3 is 5.97 Å². The van der Waals surface area contributed by atoms with Crippen molar-refractivity contribution < 1.29 is 17.9 Å². The maximum absolute atomic E-state index is 11.3. The Morgan fingerprint density at radius 1 is 1.62 bits per heavy atom. The smallest absolute Gasteiger partial charge is 0.377 e. The summed E-state index contributed by atoms with van der Waals surface area (Å²) in [6.45, 7) is 0. The number of esters is 1. The summed E-state index contributed by atoms with van der Waals surface area (Å²) in [4.78, 5) is 14.9. The van der Waals surface area contributed by atoms with Gasteiger partial charge in [-0.1, -0.05) is 0 Å². The highest BCUT2D eigenvalue weighted by atomic mass is 32.2. The van der Waals surface area contributed by atoms with E-state index in [1.54, 1.807) is 0 Å². The van der Waals surface area contributed by atoms with Crippen LogP contribution < -0.4 is 0 Å². The van der Waals surface area contributed by atoms with Gasteiger partial charge in [-0.15, -0.1) is 5.10 Å². The summed E-state index contributed by atoms with van der Waals surface area (Å²) in [5, 5.41) is 3.90. The second-order valence-electron chi connectivity index (χ2n) is 3.60. The zero-order valence-electron chi connectivity index (χ0n) is 8.66. The van der Waals surface area contributed by atoms with Crippen LogP contribution in [0.4, 0.5) is 0 Å². The monoisotopic (exact) mass is 245 g/mol. The summed E-state index contributed by atoms with van der Waals surface area (Å²) in [6.07, 6.45) is 1.87. The van der Waals surface area contributed by atoms with E-state index in [1.807, 2.05) is 0 Å². The average Bonchev–Trinajstić information content (AvgIpc) is 2.83. The van der Waals surface area contributed by atoms with Crippen molar-refractivity contribution in [1.82, 2.24) is 14.8 Å². The molecule has 2 rings (SSSR count). The van der Waals surface area contributed by atoms with E-state index in [-0.39, 0.29) is 23.4 Å². The van der Waals surface area contributed by atoms with Crippen LogP contribution >= 0.6 is 0 Å². The number of ether oxygens (including phenoxy) is 1. The maximum atomic E-state index is 11.3. The topological polar surface area (TPSA) is 91.1 Å². The fourth-order valence-electron chi connectivity index (χ4n) is 1.62. The second-order valence-corrected chi connectivity index (χ2v) is 5.83. The molecule has 1 atom stereocenters. The van der Waals surface area contributed by atoms with Crippen molar-refractivity contribution in [2.24, 2.45) is 0 Å². The standard InChI is InChI=1S/C8H11N3O4S/c1-15-8(12)7-9-5-11(10-7)6-2-3-16(13,14)4-6/h5-6H,2-4H2,1H3. The Morgan fingerprint density at radius 2 is 2.38 bits per heavy atom. The molecular weight excluding hydrogens is 234 g/mol. The van der Waals surface area contributed by atoms with Gasteiger partial charge in [0.25, 0.3) is 5.82 Å². The van der Waals surface area contributed by atoms with Crippen LogP contribution in [0.15, 0.2) is 6.33 Å². The molecule has 0 saturated carbocycles. The Labute approximate surface area is 92.3 Å². The summed E-state index contributed by atoms with van der Waals surface area (Å²) < 4.78 is 28.4. The number of nitrogens with zero attached hydrogens (tertiary/aromatic N) is 3. The van der Waals surface area contributed by atoms with Crippen LogP contribution in [0.3, 0.4) is 0 Å². The van der Waals surface area contributed by atoms with E-state index in [9.17, 15) is 13.2 Å². The molecule has 1 aromatic heterocycles. The van der Waals surface area contributed by atoms with E-state index in [2.05, 4.69) is 14.8 Å². The number of carbonyl (C=O) groups excluding carboxylic acids is 1. The first-order valence-electron chi connectivity index (χ1n) is 4.72. The maximum Gasteiger partial charge on any atom is 0.377 e. The Kier molecular flexibility index (Phi) is 2.66. The molecule has 8 heteroatoms. The molecule has 0 bridgehead atoms. The summed E-state index contributed by atoms with van der Waals surface area (Å²) in [6, 6.07) is -0.226. The highest BCUT2D eigenvalue weighted by Crippen LogP contribution is 2.22. The molecule has 88 valence electrons. The zero-order valence-corrected chi connectivity index (χ0v) is 9.48. The minimum atomic E-state index is -2.96. The lowest BCUT2D eigenvalue weighted by molar-refractivity contribution is 0.0586. The molecular formula is C8H11N3O4S. The van der Waals surface area contributed by atoms with Gasteiger partial charge in [-0.2, -0.15) is 0 Å². The molecule has 16 heavy (non-hydrogen) atoms. The summed E-state index contributed by atoms with van der Waals surface area (Å²) in [7, 11) is -1.73. The highest BCUT2D eigenvalue weighted by molar-refractivity contribution is 7.91. The van der Waals surface area contributed by atoms with Crippen molar-refractivity contribution in [3.05, 3.63) is 12.2 Å². The largest absolute Gasteiger partial charge is 0.463 e. The Bertz CT molecular complexity index is 507. The van der Waals surface area contributed by atoms with E-state index in [0.29, 0.717) is 6.42 Å². The lowest BCUT2D eigenvalue weighted by Crippen LogP contribution is -2.13. The van der Waals surface area contributed by atoms with Crippen LogP contribution in [-0.4, -0.2) is 47.8 Å². The number of methoxy groups -OCH3 is 1. The van der Waals surface area contributed by atoms with Gasteiger partial charge in [-0.25, -0.2) is 22.9 Å². The minimum absolute atomic E-state index is 0.0493. The van der Waals surface area contributed by atoms with Gasteiger partial charge in [0.15, 0.2) is 9.84 Å². The molecule has 1 aliphatic heterocycles. The van der Waals surface area contributed by atoms with Gasteiger partial charge in [0.2, 0.25) is 0 Å². The number of carbonyl (C=O) groups is 1. The second kappa shape index (κ2) is 3.85. The van der Waals surface area contributed by atoms with Crippen LogP contribution in [0.1, 0.15) is 23.1 Å². The molecule has 0 amide bonds. The third-order valence-electron chi connectivity index (χ3n) is 2.46. The molecule has 1 saturated heterocycles. The first-order valence-corrected chi connectivity index (χ1v) is 6.54. The summed E-state index contributed by atoms with van der Waals surface area (Å²) in [5.74, 6) is -0.464.